The quantitative estimate of drug-likeness (QED) is 0.632. The molecule has 1 fully saturated rings. The molecule has 19 heavy (non-hydrogen) atoms. The van der Waals surface area contributed by atoms with Crippen LogP contribution in [0.5, 0.6) is 5.75 Å². The number of likely N-dealkylation sites (N-methyl/N-ethyl adjacent to an activating group) is 1. The Morgan fingerprint density at radius 1 is 1.37 bits per heavy atom. The highest BCUT2D eigenvalue weighted by Crippen LogP contribution is 2.29. The number of ether oxygens (including phenoxy) is 1. The highest BCUT2D eigenvalue weighted by atomic mass is 32.2. The molecular formula is C14H13NO2S2. The molecule has 0 atom stereocenters. The molecule has 0 spiro atoms. The molecule has 0 aromatic heterocycles. The highest BCUT2D eigenvalue weighted by molar-refractivity contribution is 8.26. The summed E-state index contributed by atoms with van der Waals surface area (Å²) < 4.78 is 5.84. The van der Waals surface area contributed by atoms with Crippen molar-refractivity contribution in [1.29, 1.82) is 0 Å². The van der Waals surface area contributed by atoms with E-state index >= 15 is 0 Å². The molecule has 0 bridgehead atoms. The van der Waals surface area contributed by atoms with E-state index in [1.165, 1.54) is 16.7 Å². The Morgan fingerprint density at radius 3 is 2.74 bits per heavy atom. The number of thiocarbonyl (C=S) groups is 1. The van der Waals surface area contributed by atoms with E-state index in [1.807, 2.05) is 36.4 Å². The van der Waals surface area contributed by atoms with Crippen molar-refractivity contribution in [2.24, 2.45) is 0 Å². The number of rotatable bonds is 3. The van der Waals surface area contributed by atoms with E-state index in [9.17, 15) is 4.79 Å². The van der Waals surface area contributed by atoms with Crippen LogP contribution in [-0.2, 0) is 4.79 Å². The maximum Gasteiger partial charge on any atom is 0.265 e. The van der Waals surface area contributed by atoms with Gasteiger partial charge in [-0.2, -0.15) is 0 Å². The van der Waals surface area contributed by atoms with Crippen LogP contribution in [0, 0.1) is 0 Å². The summed E-state index contributed by atoms with van der Waals surface area (Å²) in [6.45, 7) is 0. The number of thioether (sulfide) groups is 1. The Labute approximate surface area is 121 Å². The number of amides is 1. The van der Waals surface area contributed by atoms with Crippen molar-refractivity contribution in [3.63, 3.8) is 0 Å². The van der Waals surface area contributed by atoms with Crippen LogP contribution < -0.4 is 4.74 Å². The minimum atomic E-state index is -0.0559. The van der Waals surface area contributed by atoms with Crippen molar-refractivity contribution in [2.45, 2.75) is 0 Å². The maximum atomic E-state index is 11.8. The van der Waals surface area contributed by atoms with Gasteiger partial charge in [0.05, 0.1) is 12.0 Å². The third kappa shape index (κ3) is 3.05. The van der Waals surface area contributed by atoms with Crippen LogP contribution in [0.4, 0.5) is 0 Å². The Balaban J connectivity index is 2.16. The minimum absolute atomic E-state index is 0.0559. The van der Waals surface area contributed by atoms with Crippen LogP contribution in [0.1, 0.15) is 5.56 Å². The van der Waals surface area contributed by atoms with Gasteiger partial charge in [0, 0.05) is 12.6 Å². The van der Waals surface area contributed by atoms with E-state index in [4.69, 9.17) is 17.0 Å². The molecule has 0 radical (unpaired) electrons. The van der Waals surface area contributed by atoms with Crippen molar-refractivity contribution < 1.29 is 9.53 Å². The number of nitrogens with zero attached hydrogens (tertiary/aromatic N) is 1. The van der Waals surface area contributed by atoms with Gasteiger partial charge in [-0.3, -0.25) is 9.69 Å². The molecule has 0 aliphatic carbocycles. The van der Waals surface area contributed by atoms with Gasteiger partial charge in [-0.1, -0.05) is 54.3 Å². The van der Waals surface area contributed by atoms with E-state index in [0.29, 0.717) is 9.23 Å². The van der Waals surface area contributed by atoms with Crippen LogP contribution in [0.15, 0.2) is 41.3 Å². The first-order chi connectivity index (χ1) is 9.13. The van der Waals surface area contributed by atoms with Gasteiger partial charge >= 0.3 is 0 Å². The van der Waals surface area contributed by atoms with Gasteiger partial charge < -0.3 is 4.74 Å². The first kappa shape index (κ1) is 13.8. The molecule has 0 N–H and O–H groups in total. The fraction of sp³-hybridized carbons (Fsp3) is 0.143. The van der Waals surface area contributed by atoms with E-state index in [-0.39, 0.29) is 5.91 Å². The number of carbonyl (C=O) groups is 1. The Bertz CT molecular complexity index is 579. The zero-order chi connectivity index (χ0) is 13.8. The van der Waals surface area contributed by atoms with Crippen LogP contribution in [0.2, 0.25) is 0 Å². The van der Waals surface area contributed by atoms with Gasteiger partial charge in [-0.05, 0) is 12.1 Å². The molecule has 0 saturated carbocycles. The lowest BCUT2D eigenvalue weighted by Gasteiger charge is -2.03. The maximum absolute atomic E-state index is 11.8. The molecule has 1 amide bonds. The summed E-state index contributed by atoms with van der Waals surface area (Å²) in [7, 11) is 3.32. The van der Waals surface area contributed by atoms with Crippen molar-refractivity contribution in [3.8, 4) is 5.75 Å². The van der Waals surface area contributed by atoms with E-state index in [1.54, 1.807) is 20.2 Å². The number of para-hydroxylation sites is 1. The summed E-state index contributed by atoms with van der Waals surface area (Å²) >= 11 is 6.38. The van der Waals surface area contributed by atoms with Crippen LogP contribution in [0.25, 0.3) is 6.08 Å². The summed E-state index contributed by atoms with van der Waals surface area (Å²) in [6, 6.07) is 7.70. The number of carbonyl (C=O) groups excluding carboxylic acids is 1. The van der Waals surface area contributed by atoms with Gasteiger partial charge in [-0.15, -0.1) is 0 Å². The molecule has 1 aromatic carbocycles. The fourth-order valence-electron chi connectivity index (χ4n) is 1.60. The van der Waals surface area contributed by atoms with Gasteiger partial charge in [-0.25, -0.2) is 0 Å². The lowest BCUT2D eigenvalue weighted by Crippen LogP contribution is -2.22. The SMILES string of the molecule is COc1ccccc1C=CC=C1SC(=S)N(C)C1=O. The van der Waals surface area contributed by atoms with Crippen LogP contribution in [0.3, 0.4) is 0 Å². The molecule has 1 aliphatic heterocycles. The Morgan fingerprint density at radius 2 is 2.11 bits per heavy atom. The largest absolute Gasteiger partial charge is 0.496 e. The summed E-state index contributed by atoms with van der Waals surface area (Å²) in [5.41, 5.74) is 0.966. The number of methoxy groups -OCH3 is 1. The molecule has 1 saturated heterocycles. The topological polar surface area (TPSA) is 29.5 Å². The van der Waals surface area contributed by atoms with Crippen LogP contribution >= 0.6 is 24.0 Å². The van der Waals surface area contributed by atoms with Gasteiger partial charge in [0.2, 0.25) is 0 Å². The molecule has 3 nitrogen and oxygen atoms in total. The van der Waals surface area contributed by atoms with E-state index in [2.05, 4.69) is 0 Å². The number of allylic oxidation sites excluding steroid dienone is 2. The van der Waals surface area contributed by atoms with Crippen molar-refractivity contribution in [3.05, 3.63) is 46.9 Å². The molecule has 98 valence electrons. The second-order valence-corrected chi connectivity index (χ2v) is 5.54. The standard InChI is InChI=1S/C14H13NO2S2/c1-15-13(16)12(19-14(15)18)9-5-7-10-6-3-4-8-11(10)17-2/h3-9H,1-2H3. The van der Waals surface area contributed by atoms with Gasteiger partial charge in [0.1, 0.15) is 10.1 Å². The smallest absolute Gasteiger partial charge is 0.265 e. The van der Waals surface area contributed by atoms with E-state index in [0.717, 1.165) is 11.3 Å². The predicted molar refractivity (Wildman–Crippen MR) is 83.1 cm³/mol. The molecule has 1 aromatic rings. The monoisotopic (exact) mass is 291 g/mol. The van der Waals surface area contributed by atoms with Crippen molar-refractivity contribution in [1.82, 2.24) is 4.90 Å². The summed E-state index contributed by atoms with van der Waals surface area (Å²) in [5, 5.41) is 0. The van der Waals surface area contributed by atoms with Gasteiger partial charge in [0.25, 0.3) is 5.91 Å². The first-order valence-corrected chi connectivity index (χ1v) is 6.87. The number of benzene rings is 1. The normalized spacial score (nSPS) is 17.8. The second-order valence-electron chi connectivity index (χ2n) is 3.86. The minimum Gasteiger partial charge on any atom is -0.496 e. The Hall–Kier alpha value is -1.59. The third-order valence-corrected chi connectivity index (χ3v) is 4.15. The molecule has 2 rings (SSSR count). The zero-order valence-corrected chi connectivity index (χ0v) is 12.3. The van der Waals surface area contributed by atoms with E-state index < -0.39 is 0 Å². The predicted octanol–water partition coefficient (Wildman–Crippen LogP) is 3.08. The average Bonchev–Trinajstić information content (AvgIpc) is 2.67. The summed E-state index contributed by atoms with van der Waals surface area (Å²) in [6.07, 6.45) is 5.51. The second kappa shape index (κ2) is 6.04. The van der Waals surface area contributed by atoms with Crippen molar-refractivity contribution in [2.75, 3.05) is 14.2 Å². The summed E-state index contributed by atoms with van der Waals surface area (Å²) in [4.78, 5) is 13.9. The van der Waals surface area contributed by atoms with Crippen LogP contribution in [-0.4, -0.2) is 29.3 Å². The molecule has 1 heterocycles. The lowest BCUT2D eigenvalue weighted by atomic mass is 10.2. The molecule has 1 aliphatic rings. The Kier molecular flexibility index (Phi) is 4.39. The van der Waals surface area contributed by atoms with Crippen molar-refractivity contribution >= 4 is 40.3 Å². The number of hydrogen-bond acceptors (Lipinski definition) is 4. The first-order valence-electron chi connectivity index (χ1n) is 5.64. The summed E-state index contributed by atoms with van der Waals surface area (Å²) in [5.74, 6) is 0.745. The molecule has 0 unspecified atom stereocenters. The molecular weight excluding hydrogens is 278 g/mol. The van der Waals surface area contributed by atoms with Gasteiger partial charge in [0.15, 0.2) is 0 Å². The lowest BCUT2D eigenvalue weighted by molar-refractivity contribution is -0.121. The molecule has 5 heteroatoms. The number of hydrogen-bond donors (Lipinski definition) is 0. The zero-order valence-electron chi connectivity index (χ0n) is 10.6. The third-order valence-electron chi connectivity index (χ3n) is 2.65. The fourth-order valence-corrected chi connectivity index (χ4v) is 2.73. The highest BCUT2D eigenvalue weighted by Gasteiger charge is 2.27. The average molecular weight is 291 g/mol.